The number of hydrogen-bond acceptors (Lipinski definition) is 8. The van der Waals surface area contributed by atoms with Crippen molar-refractivity contribution in [1.82, 2.24) is 0 Å². The van der Waals surface area contributed by atoms with Crippen LogP contribution in [0, 0.1) is 0 Å². The van der Waals surface area contributed by atoms with Crippen LogP contribution in [0.1, 0.15) is 48.4 Å². The summed E-state index contributed by atoms with van der Waals surface area (Å²) in [6.07, 6.45) is -4.71. The first-order valence-electron chi connectivity index (χ1n) is 9.42. The smallest absolute Gasteiger partial charge is 0.341 e. The summed E-state index contributed by atoms with van der Waals surface area (Å²) in [6.45, 7) is 13.8. The van der Waals surface area contributed by atoms with Crippen molar-refractivity contribution >= 4 is 11.9 Å². The van der Waals surface area contributed by atoms with Crippen molar-refractivity contribution in [3.05, 3.63) is 59.7 Å². The van der Waals surface area contributed by atoms with Crippen LogP contribution in [0.15, 0.2) is 48.6 Å². The SMILES string of the molecule is C=C(C)COC(OC(=O)c1ccccc1C(=O)OC(OCC(=C)C)C(C)O)C(C)O. The van der Waals surface area contributed by atoms with Gasteiger partial charge in [0.25, 0.3) is 0 Å². The van der Waals surface area contributed by atoms with Gasteiger partial charge in [0.05, 0.1) is 24.3 Å². The molecule has 4 unspecified atom stereocenters. The van der Waals surface area contributed by atoms with Crippen molar-refractivity contribution < 1.29 is 38.7 Å². The molecule has 8 heteroatoms. The summed E-state index contributed by atoms with van der Waals surface area (Å²) >= 11 is 0. The maximum atomic E-state index is 12.6. The molecule has 0 aromatic heterocycles. The van der Waals surface area contributed by atoms with E-state index in [9.17, 15) is 19.8 Å². The Labute approximate surface area is 176 Å². The minimum absolute atomic E-state index is 0.0860. The quantitative estimate of drug-likeness (QED) is 0.300. The third-order valence-electron chi connectivity index (χ3n) is 3.59. The second-order valence-corrected chi connectivity index (χ2v) is 7.11. The van der Waals surface area contributed by atoms with E-state index in [1.807, 2.05) is 0 Å². The molecule has 30 heavy (non-hydrogen) atoms. The molecule has 4 atom stereocenters. The number of hydrogen-bond donors (Lipinski definition) is 2. The lowest BCUT2D eigenvalue weighted by atomic mass is 10.1. The van der Waals surface area contributed by atoms with Crippen molar-refractivity contribution in [3.8, 4) is 0 Å². The fraction of sp³-hybridized carbons (Fsp3) is 0.455. The molecule has 0 aliphatic rings. The molecule has 0 saturated carbocycles. The van der Waals surface area contributed by atoms with Gasteiger partial charge in [-0.1, -0.05) is 36.4 Å². The van der Waals surface area contributed by atoms with Gasteiger partial charge in [-0.25, -0.2) is 9.59 Å². The zero-order chi connectivity index (χ0) is 22.8. The highest BCUT2D eigenvalue weighted by Gasteiger charge is 2.27. The molecule has 0 aliphatic carbocycles. The fourth-order valence-electron chi connectivity index (χ4n) is 2.17. The van der Waals surface area contributed by atoms with Crippen molar-refractivity contribution in [2.45, 2.75) is 52.5 Å². The van der Waals surface area contributed by atoms with Crippen LogP contribution in [0.3, 0.4) is 0 Å². The van der Waals surface area contributed by atoms with E-state index < -0.39 is 36.7 Å². The minimum Gasteiger partial charge on any atom is -0.429 e. The normalized spacial score (nSPS) is 14.9. The molecule has 8 nitrogen and oxygen atoms in total. The molecule has 1 rings (SSSR count). The topological polar surface area (TPSA) is 112 Å². The van der Waals surface area contributed by atoms with E-state index in [0.29, 0.717) is 11.1 Å². The summed E-state index contributed by atoms with van der Waals surface area (Å²) < 4.78 is 21.1. The van der Waals surface area contributed by atoms with Crippen molar-refractivity contribution in [2.75, 3.05) is 13.2 Å². The van der Waals surface area contributed by atoms with Gasteiger partial charge in [0.1, 0.15) is 12.2 Å². The molecule has 2 N–H and O–H groups in total. The van der Waals surface area contributed by atoms with Gasteiger partial charge in [0, 0.05) is 0 Å². The molecule has 0 heterocycles. The summed E-state index contributed by atoms with van der Waals surface area (Å²) in [6, 6.07) is 5.85. The fourth-order valence-corrected chi connectivity index (χ4v) is 2.17. The molecule has 0 bridgehead atoms. The Morgan fingerprint density at radius 2 is 1.17 bits per heavy atom. The Kier molecular flexibility index (Phi) is 10.4. The Hall–Kier alpha value is -2.52. The Bertz CT molecular complexity index is 690. The predicted octanol–water partition coefficient (Wildman–Crippen LogP) is 2.60. The molecule has 0 fully saturated rings. The van der Waals surface area contributed by atoms with Crippen LogP contribution < -0.4 is 0 Å². The summed E-state index contributed by atoms with van der Waals surface area (Å²) in [5.41, 5.74) is 1.19. The van der Waals surface area contributed by atoms with Crippen molar-refractivity contribution in [1.29, 1.82) is 0 Å². The zero-order valence-electron chi connectivity index (χ0n) is 17.8. The second-order valence-electron chi connectivity index (χ2n) is 7.11. The second kappa shape index (κ2) is 12.2. The van der Waals surface area contributed by atoms with E-state index in [0.717, 1.165) is 0 Å². The van der Waals surface area contributed by atoms with E-state index in [1.54, 1.807) is 26.0 Å². The molecule has 0 radical (unpaired) electrons. The molecule has 166 valence electrons. The molecule has 0 amide bonds. The summed E-state index contributed by atoms with van der Waals surface area (Å²) in [5.74, 6) is -1.77. The Morgan fingerprint density at radius 3 is 1.43 bits per heavy atom. The minimum atomic E-state index is -1.25. The number of aliphatic hydroxyl groups excluding tert-OH is 2. The average Bonchev–Trinajstić information content (AvgIpc) is 2.67. The third-order valence-corrected chi connectivity index (χ3v) is 3.59. The predicted molar refractivity (Wildman–Crippen MR) is 110 cm³/mol. The highest BCUT2D eigenvalue weighted by molar-refractivity contribution is 6.03. The van der Waals surface area contributed by atoms with E-state index >= 15 is 0 Å². The third kappa shape index (κ3) is 8.46. The van der Waals surface area contributed by atoms with E-state index in [1.165, 1.54) is 26.0 Å². The number of rotatable bonds is 12. The molecule has 0 spiro atoms. The van der Waals surface area contributed by atoms with Crippen LogP contribution >= 0.6 is 0 Å². The lowest BCUT2D eigenvalue weighted by Gasteiger charge is -2.23. The summed E-state index contributed by atoms with van der Waals surface area (Å²) in [4.78, 5) is 25.3. The largest absolute Gasteiger partial charge is 0.429 e. The van der Waals surface area contributed by atoms with Crippen LogP contribution in [-0.2, 0) is 18.9 Å². The standard InChI is InChI=1S/C22H30O8/c1-13(2)11-27-21(15(5)23)29-19(25)17-9-7-8-10-18(17)20(26)30-22(16(6)24)28-12-14(3)4/h7-10,15-16,21-24H,1,3,11-12H2,2,4-6H3. The zero-order valence-corrected chi connectivity index (χ0v) is 17.8. The molecular formula is C22H30O8. The maximum absolute atomic E-state index is 12.6. The maximum Gasteiger partial charge on any atom is 0.341 e. The Balaban J connectivity index is 2.98. The van der Waals surface area contributed by atoms with Crippen LogP contribution in [0.2, 0.25) is 0 Å². The van der Waals surface area contributed by atoms with E-state index in [2.05, 4.69) is 13.2 Å². The van der Waals surface area contributed by atoms with Gasteiger partial charge in [-0.15, -0.1) is 0 Å². The van der Waals surface area contributed by atoms with Crippen LogP contribution in [0.25, 0.3) is 0 Å². The lowest BCUT2D eigenvalue weighted by Crippen LogP contribution is -2.34. The lowest BCUT2D eigenvalue weighted by molar-refractivity contribution is -0.156. The summed E-state index contributed by atoms with van der Waals surface area (Å²) in [7, 11) is 0. The number of carbonyl (C=O) groups excluding carboxylic acids is 2. The van der Waals surface area contributed by atoms with Gasteiger partial charge < -0.3 is 29.2 Å². The van der Waals surface area contributed by atoms with Gasteiger partial charge in [-0.05, 0) is 39.8 Å². The number of ether oxygens (including phenoxy) is 4. The first kappa shape index (κ1) is 25.5. The van der Waals surface area contributed by atoms with Gasteiger partial charge in [0.2, 0.25) is 12.6 Å². The molecule has 1 aromatic rings. The van der Waals surface area contributed by atoms with Crippen molar-refractivity contribution in [3.63, 3.8) is 0 Å². The van der Waals surface area contributed by atoms with Crippen molar-refractivity contribution in [2.24, 2.45) is 0 Å². The number of benzene rings is 1. The van der Waals surface area contributed by atoms with Gasteiger partial charge in [-0.3, -0.25) is 0 Å². The highest BCUT2D eigenvalue weighted by Crippen LogP contribution is 2.17. The highest BCUT2D eigenvalue weighted by atomic mass is 16.7. The molecule has 0 aliphatic heterocycles. The molecule has 1 aromatic carbocycles. The van der Waals surface area contributed by atoms with E-state index in [4.69, 9.17) is 18.9 Å². The first-order chi connectivity index (χ1) is 14.0. The average molecular weight is 422 g/mol. The van der Waals surface area contributed by atoms with Gasteiger partial charge >= 0.3 is 11.9 Å². The number of aliphatic hydroxyl groups is 2. The Morgan fingerprint density at radius 1 is 0.833 bits per heavy atom. The monoisotopic (exact) mass is 422 g/mol. The molecule has 0 saturated heterocycles. The molecular weight excluding hydrogens is 392 g/mol. The number of carbonyl (C=O) groups is 2. The van der Waals surface area contributed by atoms with E-state index in [-0.39, 0.29) is 24.3 Å². The van der Waals surface area contributed by atoms with Gasteiger partial charge in [0.15, 0.2) is 0 Å². The van der Waals surface area contributed by atoms with Crippen LogP contribution in [0.4, 0.5) is 0 Å². The first-order valence-corrected chi connectivity index (χ1v) is 9.42. The summed E-state index contributed by atoms with van der Waals surface area (Å²) in [5, 5.41) is 19.6. The number of esters is 2. The van der Waals surface area contributed by atoms with Crippen LogP contribution in [-0.4, -0.2) is 60.2 Å². The van der Waals surface area contributed by atoms with Gasteiger partial charge in [-0.2, -0.15) is 0 Å². The van der Waals surface area contributed by atoms with Crippen LogP contribution in [0.5, 0.6) is 0 Å².